The van der Waals surface area contributed by atoms with Crippen molar-refractivity contribution in [1.29, 1.82) is 0 Å². The number of aryl methyl sites for hydroxylation is 1. The minimum absolute atomic E-state index is 0.102. The summed E-state index contributed by atoms with van der Waals surface area (Å²) in [5.74, 6) is 0.409. The van der Waals surface area contributed by atoms with Gasteiger partial charge in [-0.25, -0.2) is 0 Å². The molecule has 0 aliphatic carbocycles. The smallest absolute Gasteiger partial charge is 0.242 e. The molecule has 1 saturated heterocycles. The first-order chi connectivity index (χ1) is 13.6. The number of amides is 3. The van der Waals surface area contributed by atoms with Crippen LogP contribution in [0.25, 0.3) is 10.7 Å². The van der Waals surface area contributed by atoms with Crippen LogP contribution in [-0.2, 0) is 20.8 Å². The molecular weight excluding hydrogens is 382 g/mol. The van der Waals surface area contributed by atoms with Crippen LogP contribution in [0.2, 0.25) is 0 Å². The molecule has 9 nitrogen and oxygen atoms in total. The third-order valence-electron chi connectivity index (χ3n) is 4.56. The molecule has 1 unspecified atom stereocenters. The predicted molar refractivity (Wildman–Crippen MR) is 102 cm³/mol. The molecule has 0 saturated carbocycles. The molecular formula is C18H23N5O4S. The zero-order chi connectivity index (χ0) is 19.9. The van der Waals surface area contributed by atoms with E-state index < -0.39 is 6.04 Å². The summed E-state index contributed by atoms with van der Waals surface area (Å²) >= 11 is 1.53. The van der Waals surface area contributed by atoms with Crippen molar-refractivity contribution in [2.75, 3.05) is 20.1 Å². The van der Waals surface area contributed by atoms with Gasteiger partial charge >= 0.3 is 0 Å². The van der Waals surface area contributed by atoms with Gasteiger partial charge in [-0.3, -0.25) is 14.4 Å². The number of hydrogen-bond donors (Lipinski definition) is 2. The van der Waals surface area contributed by atoms with E-state index in [0.717, 1.165) is 11.3 Å². The van der Waals surface area contributed by atoms with Crippen LogP contribution in [0, 0.1) is 0 Å². The van der Waals surface area contributed by atoms with E-state index in [-0.39, 0.29) is 30.7 Å². The molecule has 2 aromatic rings. The topological polar surface area (TPSA) is 117 Å². The zero-order valence-corrected chi connectivity index (χ0v) is 16.5. The fourth-order valence-electron chi connectivity index (χ4n) is 3.13. The van der Waals surface area contributed by atoms with Crippen molar-refractivity contribution in [1.82, 2.24) is 25.7 Å². The number of rotatable bonds is 8. The number of thiophene rings is 1. The average molecular weight is 405 g/mol. The number of carbonyl (C=O) groups is 3. The molecule has 2 N–H and O–H groups in total. The molecule has 3 heterocycles. The van der Waals surface area contributed by atoms with Crippen molar-refractivity contribution in [3.8, 4) is 10.7 Å². The molecule has 0 radical (unpaired) electrons. The Morgan fingerprint density at radius 3 is 3.00 bits per heavy atom. The van der Waals surface area contributed by atoms with Crippen LogP contribution in [-0.4, -0.2) is 58.9 Å². The molecule has 1 fully saturated rings. The Hall–Kier alpha value is -2.75. The molecule has 3 amide bonds. The first-order valence-corrected chi connectivity index (χ1v) is 10.1. The van der Waals surface area contributed by atoms with Crippen molar-refractivity contribution < 1.29 is 18.9 Å². The van der Waals surface area contributed by atoms with Crippen LogP contribution < -0.4 is 10.6 Å². The van der Waals surface area contributed by atoms with Gasteiger partial charge in [-0.2, -0.15) is 4.98 Å². The Morgan fingerprint density at radius 2 is 2.25 bits per heavy atom. The summed E-state index contributed by atoms with van der Waals surface area (Å²) in [6.45, 7) is 0.436. The second-order valence-corrected chi connectivity index (χ2v) is 7.43. The summed E-state index contributed by atoms with van der Waals surface area (Å²) in [6.07, 6.45) is 2.72. The number of aromatic nitrogens is 2. The second kappa shape index (κ2) is 9.45. The quantitative estimate of drug-likeness (QED) is 0.676. The third-order valence-corrected chi connectivity index (χ3v) is 5.43. The highest BCUT2D eigenvalue weighted by atomic mass is 32.1. The number of likely N-dealkylation sites (N-methyl/N-ethyl adjacent to an activating group) is 1. The van der Waals surface area contributed by atoms with Crippen LogP contribution in [0.3, 0.4) is 0 Å². The maximum absolute atomic E-state index is 12.3. The van der Waals surface area contributed by atoms with Crippen molar-refractivity contribution in [2.45, 2.75) is 38.1 Å². The first-order valence-electron chi connectivity index (χ1n) is 9.22. The van der Waals surface area contributed by atoms with E-state index in [2.05, 4.69) is 20.8 Å². The Balaban J connectivity index is 1.38. The number of nitrogens with one attached hydrogen (secondary N) is 2. The minimum atomic E-state index is -0.440. The number of carbonyl (C=O) groups excluding carboxylic acids is 3. The van der Waals surface area contributed by atoms with E-state index in [0.29, 0.717) is 37.5 Å². The van der Waals surface area contributed by atoms with Crippen LogP contribution in [0.5, 0.6) is 0 Å². The lowest BCUT2D eigenvalue weighted by atomic mass is 10.2. The lowest BCUT2D eigenvalue weighted by Crippen LogP contribution is -2.48. The van der Waals surface area contributed by atoms with Crippen molar-refractivity contribution in [3.63, 3.8) is 0 Å². The Bertz CT molecular complexity index is 820. The second-order valence-electron chi connectivity index (χ2n) is 6.48. The maximum Gasteiger partial charge on any atom is 0.242 e. The minimum Gasteiger partial charge on any atom is -0.357 e. The standard InChI is InChI=1S/C18H23N5O4S/c1-19-18(26)12-5-3-9-23(12)16(25)11-20-14(24)7-2-8-15-21-17(22-27-15)13-6-4-10-28-13/h4,6,10,12H,2-3,5,7-9,11H2,1H3,(H,19,26)(H,20,24). The van der Waals surface area contributed by atoms with Crippen molar-refractivity contribution >= 4 is 29.1 Å². The number of nitrogens with zero attached hydrogens (tertiary/aromatic N) is 3. The third kappa shape index (κ3) is 4.94. The summed E-state index contributed by atoms with van der Waals surface area (Å²) in [4.78, 5) is 42.9. The highest BCUT2D eigenvalue weighted by molar-refractivity contribution is 7.13. The average Bonchev–Trinajstić information content (AvgIpc) is 3.46. The molecule has 150 valence electrons. The van der Waals surface area contributed by atoms with Crippen LogP contribution in [0.15, 0.2) is 22.0 Å². The van der Waals surface area contributed by atoms with Gasteiger partial charge in [-0.15, -0.1) is 11.3 Å². The zero-order valence-electron chi connectivity index (χ0n) is 15.6. The van der Waals surface area contributed by atoms with Crippen LogP contribution in [0.4, 0.5) is 0 Å². The highest BCUT2D eigenvalue weighted by Crippen LogP contribution is 2.21. The van der Waals surface area contributed by atoms with Gasteiger partial charge in [-0.05, 0) is 30.7 Å². The van der Waals surface area contributed by atoms with Gasteiger partial charge in [0.05, 0.1) is 11.4 Å². The van der Waals surface area contributed by atoms with Gasteiger partial charge in [0.2, 0.25) is 29.4 Å². The fourth-order valence-corrected chi connectivity index (χ4v) is 3.78. The van der Waals surface area contributed by atoms with E-state index in [4.69, 9.17) is 4.52 Å². The lowest BCUT2D eigenvalue weighted by molar-refractivity contribution is -0.138. The summed E-state index contributed by atoms with van der Waals surface area (Å²) in [7, 11) is 1.55. The Morgan fingerprint density at radius 1 is 1.39 bits per heavy atom. The van der Waals surface area contributed by atoms with Crippen LogP contribution in [0.1, 0.15) is 31.6 Å². The Kier molecular flexibility index (Phi) is 6.75. The number of likely N-dealkylation sites (tertiary alicyclic amines) is 1. The summed E-state index contributed by atoms with van der Waals surface area (Å²) < 4.78 is 5.20. The van der Waals surface area contributed by atoms with Gasteiger partial charge in [0.1, 0.15) is 6.04 Å². The van der Waals surface area contributed by atoms with Gasteiger partial charge in [0.15, 0.2) is 0 Å². The van der Waals surface area contributed by atoms with E-state index in [9.17, 15) is 14.4 Å². The van der Waals surface area contributed by atoms with Gasteiger partial charge < -0.3 is 20.1 Å². The summed E-state index contributed by atoms with van der Waals surface area (Å²) in [6, 6.07) is 3.39. The highest BCUT2D eigenvalue weighted by Gasteiger charge is 2.33. The monoisotopic (exact) mass is 405 g/mol. The van der Waals surface area contributed by atoms with Crippen molar-refractivity contribution in [3.05, 3.63) is 23.4 Å². The van der Waals surface area contributed by atoms with Gasteiger partial charge in [0, 0.05) is 26.4 Å². The summed E-state index contributed by atoms with van der Waals surface area (Å²) in [5, 5.41) is 11.1. The molecule has 1 atom stereocenters. The molecule has 0 bridgehead atoms. The Labute approximate surface area is 166 Å². The van der Waals surface area contributed by atoms with E-state index in [1.54, 1.807) is 7.05 Å². The molecule has 3 rings (SSSR count). The molecule has 0 aromatic carbocycles. The SMILES string of the molecule is CNC(=O)C1CCCN1C(=O)CNC(=O)CCCc1nc(-c2cccs2)no1. The molecule has 10 heteroatoms. The van der Waals surface area contributed by atoms with E-state index in [1.165, 1.54) is 16.2 Å². The molecule has 1 aliphatic heterocycles. The fraction of sp³-hybridized carbons (Fsp3) is 0.500. The lowest BCUT2D eigenvalue weighted by Gasteiger charge is -2.23. The number of hydrogen-bond acceptors (Lipinski definition) is 7. The summed E-state index contributed by atoms with van der Waals surface area (Å²) in [5.41, 5.74) is 0. The van der Waals surface area contributed by atoms with Gasteiger partial charge in [0.25, 0.3) is 0 Å². The largest absolute Gasteiger partial charge is 0.357 e. The molecule has 0 spiro atoms. The maximum atomic E-state index is 12.3. The van der Waals surface area contributed by atoms with Crippen LogP contribution >= 0.6 is 11.3 Å². The van der Waals surface area contributed by atoms with Gasteiger partial charge in [-0.1, -0.05) is 11.2 Å². The van der Waals surface area contributed by atoms with E-state index >= 15 is 0 Å². The van der Waals surface area contributed by atoms with E-state index in [1.807, 2.05) is 17.5 Å². The molecule has 28 heavy (non-hydrogen) atoms. The molecule has 1 aliphatic rings. The normalized spacial score (nSPS) is 16.2. The predicted octanol–water partition coefficient (Wildman–Crippen LogP) is 0.974. The first kappa shape index (κ1) is 20.0. The van der Waals surface area contributed by atoms with Crippen molar-refractivity contribution in [2.24, 2.45) is 0 Å². The molecule has 2 aromatic heterocycles.